The standard InChI is InChI=1S/C28H29Cl2IN2O3/c1-3-19(2)32-28(35)26(16-20-7-5-4-6-8-20)33(17-21-9-14-24(29)25(30)15-21)27(34)18-36-23-12-10-22(31)11-13-23/h4-15,19,26H,3,16-18H2,1-2H3,(H,32,35)/t19-,26+/m1/s1. The Balaban J connectivity index is 1.92. The molecule has 2 amide bonds. The Kier molecular flexibility index (Phi) is 10.9. The van der Waals surface area contributed by atoms with Crippen molar-refractivity contribution in [3.05, 3.63) is 97.5 Å². The van der Waals surface area contributed by atoms with E-state index in [4.69, 9.17) is 27.9 Å². The fourth-order valence-electron chi connectivity index (χ4n) is 3.59. The maximum atomic E-state index is 13.6. The van der Waals surface area contributed by atoms with Gasteiger partial charge in [0.15, 0.2) is 6.61 Å². The van der Waals surface area contributed by atoms with Crippen LogP contribution in [-0.2, 0) is 22.6 Å². The minimum atomic E-state index is -0.747. The number of hydrogen-bond donors (Lipinski definition) is 1. The number of rotatable bonds is 11. The van der Waals surface area contributed by atoms with Crippen molar-refractivity contribution < 1.29 is 14.3 Å². The zero-order valence-electron chi connectivity index (χ0n) is 20.2. The maximum Gasteiger partial charge on any atom is 0.261 e. The molecule has 5 nitrogen and oxygen atoms in total. The van der Waals surface area contributed by atoms with Crippen molar-refractivity contribution in [2.75, 3.05) is 6.61 Å². The van der Waals surface area contributed by atoms with Gasteiger partial charge in [-0.25, -0.2) is 0 Å². The number of hydrogen-bond acceptors (Lipinski definition) is 3. The summed E-state index contributed by atoms with van der Waals surface area (Å²) >= 11 is 14.6. The largest absolute Gasteiger partial charge is 0.484 e. The number of nitrogens with zero attached hydrogens (tertiary/aromatic N) is 1. The van der Waals surface area contributed by atoms with E-state index in [-0.39, 0.29) is 31.0 Å². The minimum absolute atomic E-state index is 0.0271. The van der Waals surface area contributed by atoms with Gasteiger partial charge in [-0.3, -0.25) is 9.59 Å². The quantitative estimate of drug-likeness (QED) is 0.243. The lowest BCUT2D eigenvalue weighted by Gasteiger charge is -2.32. The monoisotopic (exact) mass is 638 g/mol. The van der Waals surface area contributed by atoms with Gasteiger partial charge < -0.3 is 15.0 Å². The van der Waals surface area contributed by atoms with E-state index < -0.39 is 6.04 Å². The average Bonchev–Trinajstić information content (AvgIpc) is 2.88. The number of nitrogens with one attached hydrogen (secondary N) is 1. The highest BCUT2D eigenvalue weighted by Gasteiger charge is 2.31. The third-order valence-electron chi connectivity index (χ3n) is 5.79. The highest BCUT2D eigenvalue weighted by atomic mass is 127. The fourth-order valence-corrected chi connectivity index (χ4v) is 4.27. The summed E-state index contributed by atoms with van der Waals surface area (Å²) in [4.78, 5) is 28.6. The van der Waals surface area contributed by atoms with Gasteiger partial charge in [0.1, 0.15) is 11.8 Å². The van der Waals surface area contributed by atoms with Crippen LogP contribution in [0.25, 0.3) is 0 Å². The number of carbonyl (C=O) groups is 2. The predicted molar refractivity (Wildman–Crippen MR) is 153 cm³/mol. The Labute approximate surface area is 236 Å². The molecular formula is C28H29Cl2IN2O3. The molecule has 0 radical (unpaired) electrons. The molecule has 36 heavy (non-hydrogen) atoms. The summed E-state index contributed by atoms with van der Waals surface area (Å²) in [7, 11) is 0. The second-order valence-electron chi connectivity index (χ2n) is 8.54. The summed E-state index contributed by atoms with van der Waals surface area (Å²) in [6.45, 7) is 3.92. The van der Waals surface area contributed by atoms with E-state index in [2.05, 4.69) is 27.9 Å². The van der Waals surface area contributed by atoms with Crippen LogP contribution in [0.3, 0.4) is 0 Å². The molecule has 0 saturated heterocycles. The first kappa shape index (κ1) is 28.3. The predicted octanol–water partition coefficient (Wildman–Crippen LogP) is 6.53. The van der Waals surface area contributed by atoms with Crippen molar-refractivity contribution >= 4 is 57.6 Å². The summed E-state index contributed by atoms with van der Waals surface area (Å²) in [5.41, 5.74) is 1.72. The Morgan fingerprint density at radius 2 is 1.67 bits per heavy atom. The average molecular weight is 639 g/mol. The van der Waals surface area contributed by atoms with Gasteiger partial charge in [-0.15, -0.1) is 0 Å². The SMILES string of the molecule is CC[C@@H](C)NC(=O)[C@H](Cc1ccccc1)N(Cc1ccc(Cl)c(Cl)c1)C(=O)COc1ccc(I)cc1. The van der Waals surface area contributed by atoms with Crippen LogP contribution in [0.5, 0.6) is 5.75 Å². The molecule has 3 aromatic carbocycles. The Hall–Kier alpha value is -2.29. The van der Waals surface area contributed by atoms with Gasteiger partial charge in [-0.1, -0.05) is 66.5 Å². The Bertz CT molecular complexity index is 1160. The van der Waals surface area contributed by atoms with Crippen LogP contribution in [0, 0.1) is 3.57 Å². The van der Waals surface area contributed by atoms with Crippen molar-refractivity contribution in [3.8, 4) is 5.75 Å². The van der Waals surface area contributed by atoms with E-state index in [1.165, 1.54) is 0 Å². The number of carbonyl (C=O) groups excluding carboxylic acids is 2. The zero-order valence-corrected chi connectivity index (χ0v) is 23.9. The normalized spacial score (nSPS) is 12.5. The van der Waals surface area contributed by atoms with Gasteiger partial charge in [-0.2, -0.15) is 0 Å². The molecule has 0 aliphatic rings. The molecule has 8 heteroatoms. The zero-order chi connectivity index (χ0) is 26.1. The lowest BCUT2D eigenvalue weighted by Crippen LogP contribution is -2.53. The third-order valence-corrected chi connectivity index (χ3v) is 7.24. The third kappa shape index (κ3) is 8.39. The van der Waals surface area contributed by atoms with Crippen molar-refractivity contribution in [1.29, 1.82) is 0 Å². The van der Waals surface area contributed by atoms with Crippen molar-refractivity contribution in [2.24, 2.45) is 0 Å². The topological polar surface area (TPSA) is 58.6 Å². The molecule has 0 unspecified atom stereocenters. The van der Waals surface area contributed by atoms with Crippen molar-refractivity contribution in [1.82, 2.24) is 10.2 Å². The van der Waals surface area contributed by atoms with Crippen LogP contribution < -0.4 is 10.1 Å². The first-order chi connectivity index (χ1) is 17.3. The smallest absolute Gasteiger partial charge is 0.261 e. The summed E-state index contributed by atoms with van der Waals surface area (Å²) in [5.74, 6) is 0.0673. The van der Waals surface area contributed by atoms with Gasteiger partial charge in [0, 0.05) is 22.6 Å². The molecular weight excluding hydrogens is 610 g/mol. The van der Waals surface area contributed by atoms with E-state index in [9.17, 15) is 9.59 Å². The van der Waals surface area contributed by atoms with Crippen LogP contribution >= 0.6 is 45.8 Å². The van der Waals surface area contributed by atoms with E-state index in [1.54, 1.807) is 23.1 Å². The molecule has 0 aliphatic heterocycles. The highest BCUT2D eigenvalue weighted by Crippen LogP contribution is 2.24. The number of amides is 2. The summed E-state index contributed by atoms with van der Waals surface area (Å²) in [6, 6.07) is 21.6. The second kappa shape index (κ2) is 13.9. The van der Waals surface area contributed by atoms with Crippen LogP contribution in [0.2, 0.25) is 10.0 Å². The van der Waals surface area contributed by atoms with Crippen LogP contribution in [0.4, 0.5) is 0 Å². The first-order valence-electron chi connectivity index (χ1n) is 11.7. The van der Waals surface area contributed by atoms with E-state index in [1.807, 2.05) is 68.4 Å². The van der Waals surface area contributed by atoms with Gasteiger partial charge in [-0.05, 0) is 83.5 Å². The molecule has 3 aromatic rings. The van der Waals surface area contributed by atoms with Crippen LogP contribution in [0.1, 0.15) is 31.4 Å². The molecule has 0 fully saturated rings. The molecule has 2 atom stereocenters. The summed E-state index contributed by atoms with van der Waals surface area (Å²) < 4.78 is 6.86. The molecule has 0 saturated carbocycles. The van der Waals surface area contributed by atoms with Gasteiger partial charge in [0.2, 0.25) is 5.91 Å². The highest BCUT2D eigenvalue weighted by molar-refractivity contribution is 14.1. The van der Waals surface area contributed by atoms with Crippen molar-refractivity contribution in [3.63, 3.8) is 0 Å². The molecule has 0 spiro atoms. The Morgan fingerprint density at radius 3 is 2.31 bits per heavy atom. The molecule has 0 bridgehead atoms. The van der Waals surface area contributed by atoms with Crippen LogP contribution in [-0.4, -0.2) is 35.4 Å². The molecule has 1 N–H and O–H groups in total. The molecule has 3 rings (SSSR count). The number of benzene rings is 3. The maximum absolute atomic E-state index is 13.6. The van der Waals surface area contributed by atoms with E-state index in [0.29, 0.717) is 22.2 Å². The molecule has 0 heterocycles. The van der Waals surface area contributed by atoms with Gasteiger partial charge in [0.25, 0.3) is 5.91 Å². The number of ether oxygens (including phenoxy) is 1. The molecule has 0 aromatic heterocycles. The fraction of sp³-hybridized carbons (Fsp3) is 0.286. The molecule has 190 valence electrons. The van der Waals surface area contributed by atoms with E-state index >= 15 is 0 Å². The van der Waals surface area contributed by atoms with Crippen molar-refractivity contribution in [2.45, 2.75) is 45.3 Å². The number of halogens is 3. The van der Waals surface area contributed by atoms with E-state index in [0.717, 1.165) is 21.1 Å². The molecule has 0 aliphatic carbocycles. The van der Waals surface area contributed by atoms with Gasteiger partial charge >= 0.3 is 0 Å². The lowest BCUT2D eigenvalue weighted by molar-refractivity contribution is -0.143. The van der Waals surface area contributed by atoms with Crippen LogP contribution in [0.15, 0.2) is 72.8 Å². The summed E-state index contributed by atoms with van der Waals surface area (Å²) in [6.07, 6.45) is 1.14. The summed E-state index contributed by atoms with van der Waals surface area (Å²) in [5, 5.41) is 3.87. The van der Waals surface area contributed by atoms with Gasteiger partial charge in [0.05, 0.1) is 10.0 Å². The lowest BCUT2D eigenvalue weighted by atomic mass is 10.0. The first-order valence-corrected chi connectivity index (χ1v) is 13.6. The second-order valence-corrected chi connectivity index (χ2v) is 10.6. The minimum Gasteiger partial charge on any atom is -0.484 e. The Morgan fingerprint density at radius 1 is 0.972 bits per heavy atom.